The van der Waals surface area contributed by atoms with Crippen LogP contribution in [0.1, 0.15) is 13.8 Å². The van der Waals surface area contributed by atoms with Crippen molar-refractivity contribution in [2.75, 3.05) is 14.7 Å². The highest BCUT2D eigenvalue weighted by atomic mass is 32.1. The minimum absolute atomic E-state index is 1.11. The van der Waals surface area contributed by atoms with Gasteiger partial charge in [-0.1, -0.05) is 32.0 Å². The van der Waals surface area contributed by atoms with E-state index < -0.39 is 0 Å². The molecule has 4 aromatic heterocycles. The van der Waals surface area contributed by atoms with Crippen LogP contribution in [0.15, 0.2) is 149 Å². The number of benzene rings is 3. The fraction of sp³-hybridized carbons (Fsp3) is 0.0556. The summed E-state index contributed by atoms with van der Waals surface area (Å²) in [6.07, 6.45) is 0. The molecule has 214 valence electrons. The Morgan fingerprint density at radius 2 is 0.581 bits per heavy atom. The second-order valence-corrected chi connectivity index (χ2v) is 12.9. The molecule has 0 unspecified atom stereocenters. The Morgan fingerprint density at radius 1 is 0.302 bits per heavy atom. The zero-order chi connectivity index (χ0) is 29.4. The minimum atomic E-state index is 1.11. The molecular formula is C36H31N3S4. The molecule has 3 nitrogen and oxygen atoms in total. The van der Waals surface area contributed by atoms with Crippen LogP contribution in [0.2, 0.25) is 0 Å². The van der Waals surface area contributed by atoms with Crippen LogP contribution in [0.25, 0.3) is 0 Å². The van der Waals surface area contributed by atoms with E-state index in [9.17, 15) is 0 Å². The van der Waals surface area contributed by atoms with E-state index in [2.05, 4.69) is 164 Å². The molecular weight excluding hydrogens is 603 g/mol. The van der Waals surface area contributed by atoms with E-state index >= 15 is 0 Å². The van der Waals surface area contributed by atoms with Crippen LogP contribution >= 0.6 is 45.3 Å². The van der Waals surface area contributed by atoms with Crippen LogP contribution in [0.4, 0.5) is 48.4 Å². The second-order valence-electron chi connectivity index (χ2n) is 9.18. The number of rotatable bonds is 9. The van der Waals surface area contributed by atoms with E-state index in [-0.39, 0.29) is 0 Å². The van der Waals surface area contributed by atoms with Crippen molar-refractivity contribution in [2.24, 2.45) is 0 Å². The van der Waals surface area contributed by atoms with Gasteiger partial charge in [-0.3, -0.25) is 9.80 Å². The van der Waals surface area contributed by atoms with Gasteiger partial charge in [-0.05, 0) is 131 Å². The Labute approximate surface area is 269 Å². The maximum Gasteiger partial charge on any atom is 0.101 e. The van der Waals surface area contributed by atoms with Crippen LogP contribution in [0, 0.1) is 0 Å². The molecule has 4 heterocycles. The van der Waals surface area contributed by atoms with E-state index in [4.69, 9.17) is 0 Å². The lowest BCUT2D eigenvalue weighted by molar-refractivity contribution is 1.26. The van der Waals surface area contributed by atoms with Crippen LogP contribution in [-0.2, 0) is 0 Å². The van der Waals surface area contributed by atoms with Gasteiger partial charge in [0.05, 0.1) is 0 Å². The van der Waals surface area contributed by atoms with E-state index in [0.717, 1.165) is 28.4 Å². The summed E-state index contributed by atoms with van der Waals surface area (Å²) in [5.41, 5.74) is 5.63. The zero-order valence-corrected chi connectivity index (χ0v) is 27.2. The van der Waals surface area contributed by atoms with Gasteiger partial charge in [0.2, 0.25) is 0 Å². The lowest BCUT2D eigenvalue weighted by atomic mass is 10.1. The Bertz CT molecular complexity index is 1580. The van der Waals surface area contributed by atoms with Crippen LogP contribution in [0.3, 0.4) is 0 Å². The summed E-state index contributed by atoms with van der Waals surface area (Å²) >= 11 is 7.00. The molecule has 0 fully saturated rings. The Hall–Kier alpha value is -4.14. The van der Waals surface area contributed by atoms with E-state index in [1.165, 1.54) is 20.0 Å². The molecule has 7 rings (SSSR count). The lowest BCUT2D eigenvalue weighted by Gasteiger charge is -2.28. The summed E-state index contributed by atoms with van der Waals surface area (Å²) in [5.74, 6) is 0. The van der Waals surface area contributed by atoms with Crippen molar-refractivity contribution in [3.05, 3.63) is 149 Å². The van der Waals surface area contributed by atoms with Gasteiger partial charge in [0.15, 0.2) is 0 Å². The fourth-order valence-electron chi connectivity index (χ4n) is 4.84. The molecule has 0 radical (unpaired) electrons. The molecule has 0 amide bonds. The van der Waals surface area contributed by atoms with Crippen molar-refractivity contribution in [1.29, 1.82) is 0 Å². The van der Waals surface area contributed by atoms with Crippen LogP contribution in [-0.4, -0.2) is 0 Å². The summed E-state index contributed by atoms with van der Waals surface area (Å²) in [6, 6.07) is 45.4. The quantitative estimate of drug-likeness (QED) is 0.157. The van der Waals surface area contributed by atoms with Gasteiger partial charge in [-0.25, -0.2) is 0 Å². The molecule has 3 aromatic carbocycles. The Balaban J connectivity index is 0.00000161. The predicted octanol–water partition coefficient (Wildman–Crippen LogP) is 13.4. The molecule has 0 saturated carbocycles. The summed E-state index contributed by atoms with van der Waals surface area (Å²) in [5, 5.41) is 13.3. The standard InChI is InChI=1S/C34H25N3S4.C2H6/c1-2-8-26(9-3-1)35(27-14-18-29(19-15-27)36(31-10-4-22-38-31)32-11-5-23-39-32)28-16-20-30(21-17-28)37(33-12-6-24-40-33)34-13-7-25-41-34;1-2/h1-25H;1-2H3. The van der Waals surface area contributed by atoms with E-state index in [1.807, 2.05) is 13.8 Å². The largest absolute Gasteiger partial charge is 0.311 e. The Kier molecular flexibility index (Phi) is 9.35. The third kappa shape index (κ3) is 6.31. The number of para-hydroxylation sites is 1. The molecule has 0 atom stereocenters. The van der Waals surface area contributed by atoms with Crippen LogP contribution < -0.4 is 14.7 Å². The molecule has 0 aliphatic carbocycles. The highest BCUT2D eigenvalue weighted by Crippen LogP contribution is 2.43. The fourth-order valence-corrected chi connectivity index (χ4v) is 8.01. The highest BCUT2D eigenvalue weighted by molar-refractivity contribution is 7.17. The molecule has 7 heteroatoms. The normalized spacial score (nSPS) is 10.6. The second kappa shape index (κ2) is 13.9. The number of hydrogen-bond donors (Lipinski definition) is 0. The van der Waals surface area contributed by atoms with Crippen molar-refractivity contribution in [3.63, 3.8) is 0 Å². The summed E-state index contributed by atoms with van der Waals surface area (Å²) in [7, 11) is 0. The summed E-state index contributed by atoms with van der Waals surface area (Å²) in [4.78, 5) is 6.96. The molecule has 7 aromatic rings. The van der Waals surface area contributed by atoms with Gasteiger partial charge in [0.1, 0.15) is 20.0 Å². The average Bonchev–Trinajstić information content (AvgIpc) is 3.90. The summed E-state index contributed by atoms with van der Waals surface area (Å²) in [6.45, 7) is 4.00. The van der Waals surface area contributed by atoms with Crippen molar-refractivity contribution in [2.45, 2.75) is 13.8 Å². The first-order chi connectivity index (χ1) is 21.3. The SMILES string of the molecule is CC.c1ccc(N(c2ccc(N(c3cccs3)c3cccs3)cc2)c2ccc(N(c3cccs3)c3cccs3)cc2)cc1. The van der Waals surface area contributed by atoms with Gasteiger partial charge >= 0.3 is 0 Å². The molecule has 0 spiro atoms. The van der Waals surface area contributed by atoms with Gasteiger partial charge in [-0.15, -0.1) is 45.3 Å². The van der Waals surface area contributed by atoms with Crippen LogP contribution in [0.5, 0.6) is 0 Å². The highest BCUT2D eigenvalue weighted by Gasteiger charge is 2.18. The molecule has 0 saturated heterocycles. The van der Waals surface area contributed by atoms with E-state index in [1.54, 1.807) is 45.3 Å². The first-order valence-electron chi connectivity index (χ1n) is 14.1. The molecule has 0 aliphatic heterocycles. The maximum absolute atomic E-state index is 2.32. The molecule has 0 aliphatic rings. The third-order valence-corrected chi connectivity index (χ3v) is 10.1. The van der Waals surface area contributed by atoms with Gasteiger partial charge in [0, 0.05) is 28.4 Å². The smallest absolute Gasteiger partial charge is 0.101 e. The van der Waals surface area contributed by atoms with Gasteiger partial charge < -0.3 is 4.90 Å². The molecule has 43 heavy (non-hydrogen) atoms. The minimum Gasteiger partial charge on any atom is -0.311 e. The van der Waals surface area contributed by atoms with Gasteiger partial charge in [0.25, 0.3) is 0 Å². The number of anilines is 9. The third-order valence-electron chi connectivity index (χ3n) is 6.65. The monoisotopic (exact) mass is 633 g/mol. The first kappa shape index (κ1) is 29.0. The first-order valence-corrected chi connectivity index (χ1v) is 17.7. The lowest BCUT2D eigenvalue weighted by Crippen LogP contribution is -2.12. The maximum atomic E-state index is 2.32. The number of thiophene rings is 4. The number of nitrogens with zero attached hydrogens (tertiary/aromatic N) is 3. The number of hydrogen-bond acceptors (Lipinski definition) is 7. The predicted molar refractivity (Wildman–Crippen MR) is 193 cm³/mol. The van der Waals surface area contributed by atoms with Crippen molar-refractivity contribution >= 4 is 93.8 Å². The average molecular weight is 634 g/mol. The molecule has 0 bridgehead atoms. The zero-order valence-electron chi connectivity index (χ0n) is 23.9. The van der Waals surface area contributed by atoms with Gasteiger partial charge in [-0.2, -0.15) is 0 Å². The van der Waals surface area contributed by atoms with Crippen molar-refractivity contribution in [1.82, 2.24) is 0 Å². The molecule has 0 N–H and O–H groups in total. The Morgan fingerprint density at radius 3 is 0.860 bits per heavy atom. The summed E-state index contributed by atoms with van der Waals surface area (Å²) < 4.78 is 0. The topological polar surface area (TPSA) is 9.72 Å². The van der Waals surface area contributed by atoms with Crippen molar-refractivity contribution < 1.29 is 0 Å². The van der Waals surface area contributed by atoms with Crippen molar-refractivity contribution in [3.8, 4) is 0 Å². The van der Waals surface area contributed by atoms with E-state index in [0.29, 0.717) is 0 Å².